The van der Waals surface area contributed by atoms with Crippen LogP contribution in [0.15, 0.2) is 6.20 Å². The van der Waals surface area contributed by atoms with Gasteiger partial charge in [-0.3, -0.25) is 9.48 Å². The molecule has 7 nitrogen and oxygen atoms in total. The van der Waals surface area contributed by atoms with Crippen LogP contribution in [0.5, 0.6) is 0 Å². The van der Waals surface area contributed by atoms with Crippen LogP contribution in [0, 0.1) is 12.8 Å². The Morgan fingerprint density at radius 2 is 2.14 bits per heavy atom. The van der Waals surface area contributed by atoms with Crippen molar-refractivity contribution in [2.75, 3.05) is 13.1 Å². The predicted molar refractivity (Wildman–Crippen MR) is 79.7 cm³/mol. The summed E-state index contributed by atoms with van der Waals surface area (Å²) in [6.07, 6.45) is 0.291. The summed E-state index contributed by atoms with van der Waals surface area (Å²) in [4.78, 5) is 25.3. The zero-order valence-electron chi connectivity index (χ0n) is 13.4. The van der Waals surface area contributed by atoms with Gasteiger partial charge in [0.25, 0.3) is 5.91 Å². The third-order valence-electron chi connectivity index (χ3n) is 3.69. The number of carbonyl (C=O) groups excluding carboxylic acids is 1. The number of aromatic nitrogens is 2. The first kappa shape index (κ1) is 16.5. The lowest BCUT2D eigenvalue weighted by Gasteiger charge is -2.34. The van der Waals surface area contributed by atoms with E-state index < -0.39 is 12.1 Å². The maximum atomic E-state index is 12.7. The van der Waals surface area contributed by atoms with Crippen molar-refractivity contribution < 1.29 is 19.4 Å². The fourth-order valence-corrected chi connectivity index (χ4v) is 2.61. The first-order valence-electron chi connectivity index (χ1n) is 7.49. The van der Waals surface area contributed by atoms with Gasteiger partial charge in [0.05, 0.1) is 24.4 Å². The molecule has 7 heteroatoms. The molecule has 1 saturated heterocycles. The van der Waals surface area contributed by atoms with Crippen molar-refractivity contribution in [3.05, 3.63) is 17.5 Å². The number of rotatable bonds is 4. The van der Waals surface area contributed by atoms with Crippen molar-refractivity contribution in [2.24, 2.45) is 5.92 Å². The Kier molecular flexibility index (Phi) is 4.85. The number of hydrogen-bond acceptors (Lipinski definition) is 4. The third kappa shape index (κ3) is 3.47. The van der Waals surface area contributed by atoms with Gasteiger partial charge in [-0.2, -0.15) is 5.10 Å². The van der Waals surface area contributed by atoms with Crippen molar-refractivity contribution >= 4 is 11.9 Å². The van der Waals surface area contributed by atoms with E-state index >= 15 is 0 Å². The van der Waals surface area contributed by atoms with Crippen LogP contribution in [-0.4, -0.2) is 57.0 Å². The molecule has 0 aliphatic carbocycles. The van der Waals surface area contributed by atoms with Crippen molar-refractivity contribution in [3.8, 4) is 0 Å². The number of carbonyl (C=O) groups is 2. The number of ether oxygens (including phenoxy) is 1. The molecule has 2 heterocycles. The van der Waals surface area contributed by atoms with Crippen molar-refractivity contribution in [2.45, 2.75) is 46.4 Å². The number of carboxylic acid groups (broad SMARTS) is 1. The summed E-state index contributed by atoms with van der Waals surface area (Å²) in [5.74, 6) is -0.799. The van der Waals surface area contributed by atoms with Gasteiger partial charge in [-0.05, 0) is 19.8 Å². The Bertz CT molecular complexity index is 567. The summed E-state index contributed by atoms with van der Waals surface area (Å²) in [6, 6.07) is 0. The average Bonchev–Trinajstić information content (AvgIpc) is 2.78. The van der Waals surface area contributed by atoms with E-state index in [-0.39, 0.29) is 18.6 Å². The molecule has 0 bridgehead atoms. The Hall–Kier alpha value is -1.89. The molecule has 1 aliphatic rings. The first-order chi connectivity index (χ1) is 10.3. The molecule has 2 rings (SSSR count). The standard InChI is InChI=1S/C15H23N3O4/c1-9(2)6-18-11(4)12(5-16-18)14(19)17-7-10(3)22-13(8-17)15(20)21/h5,9-10,13H,6-8H2,1-4H3,(H,20,21)/t10-,13?/m1/s1. The maximum absolute atomic E-state index is 12.7. The van der Waals surface area contributed by atoms with Gasteiger partial charge in [0, 0.05) is 18.8 Å². The zero-order valence-corrected chi connectivity index (χ0v) is 13.4. The smallest absolute Gasteiger partial charge is 0.334 e. The highest BCUT2D eigenvalue weighted by Gasteiger charge is 2.34. The molecule has 1 aromatic heterocycles. The summed E-state index contributed by atoms with van der Waals surface area (Å²) in [6.45, 7) is 9.00. The molecule has 0 radical (unpaired) electrons. The topological polar surface area (TPSA) is 84.7 Å². The molecule has 0 spiro atoms. The molecule has 0 saturated carbocycles. The summed E-state index contributed by atoms with van der Waals surface area (Å²) in [5, 5.41) is 13.4. The summed E-state index contributed by atoms with van der Waals surface area (Å²) >= 11 is 0. The SMILES string of the molecule is Cc1c(C(=O)N2CC(C(=O)O)O[C@H](C)C2)cnn1CC(C)C. The van der Waals surface area contributed by atoms with Crippen LogP contribution in [0.2, 0.25) is 0 Å². The Labute approximate surface area is 129 Å². The summed E-state index contributed by atoms with van der Waals surface area (Å²) in [5.41, 5.74) is 1.34. The van der Waals surface area contributed by atoms with Crippen LogP contribution >= 0.6 is 0 Å². The molecule has 122 valence electrons. The number of carboxylic acids is 1. The van der Waals surface area contributed by atoms with Crippen molar-refractivity contribution in [1.82, 2.24) is 14.7 Å². The fraction of sp³-hybridized carbons (Fsp3) is 0.667. The van der Waals surface area contributed by atoms with E-state index in [1.54, 1.807) is 13.1 Å². The monoisotopic (exact) mass is 309 g/mol. The fourth-order valence-electron chi connectivity index (χ4n) is 2.61. The van der Waals surface area contributed by atoms with Gasteiger partial charge >= 0.3 is 5.97 Å². The third-order valence-corrected chi connectivity index (χ3v) is 3.69. The van der Waals surface area contributed by atoms with Crippen LogP contribution in [0.4, 0.5) is 0 Å². The van der Waals surface area contributed by atoms with Crippen LogP contribution < -0.4 is 0 Å². The maximum Gasteiger partial charge on any atom is 0.334 e. The van der Waals surface area contributed by atoms with E-state index in [1.165, 1.54) is 4.90 Å². The molecular formula is C15H23N3O4. The van der Waals surface area contributed by atoms with Crippen molar-refractivity contribution in [1.29, 1.82) is 0 Å². The molecule has 22 heavy (non-hydrogen) atoms. The predicted octanol–water partition coefficient (Wildman–Crippen LogP) is 1.16. The minimum absolute atomic E-state index is 0.0628. The summed E-state index contributed by atoms with van der Waals surface area (Å²) in [7, 11) is 0. The molecule has 0 aromatic carbocycles. The zero-order chi connectivity index (χ0) is 16.4. The first-order valence-corrected chi connectivity index (χ1v) is 7.49. The molecule has 1 fully saturated rings. The number of hydrogen-bond donors (Lipinski definition) is 1. The molecule has 1 N–H and O–H groups in total. The van der Waals surface area contributed by atoms with E-state index in [0.29, 0.717) is 18.0 Å². The van der Waals surface area contributed by atoms with E-state index in [2.05, 4.69) is 18.9 Å². The number of nitrogens with zero attached hydrogens (tertiary/aromatic N) is 3. The quantitative estimate of drug-likeness (QED) is 0.902. The molecule has 1 amide bonds. The lowest BCUT2D eigenvalue weighted by molar-refractivity contribution is -0.160. The van der Waals surface area contributed by atoms with Crippen LogP contribution in [0.25, 0.3) is 0 Å². The molecular weight excluding hydrogens is 286 g/mol. The number of morpholine rings is 1. The van der Waals surface area contributed by atoms with Crippen molar-refractivity contribution in [3.63, 3.8) is 0 Å². The largest absolute Gasteiger partial charge is 0.479 e. The van der Waals surface area contributed by atoms with E-state index in [4.69, 9.17) is 9.84 Å². The second-order valence-corrected chi connectivity index (χ2v) is 6.20. The van der Waals surface area contributed by atoms with E-state index in [9.17, 15) is 9.59 Å². The lowest BCUT2D eigenvalue weighted by atomic mass is 10.1. The molecule has 1 aliphatic heterocycles. The minimum atomic E-state index is -1.04. The normalized spacial score (nSPS) is 22.1. The van der Waals surface area contributed by atoms with Crippen LogP contribution in [0.3, 0.4) is 0 Å². The number of aliphatic carboxylic acids is 1. The Morgan fingerprint density at radius 3 is 2.73 bits per heavy atom. The molecule has 1 unspecified atom stereocenters. The second kappa shape index (κ2) is 6.48. The van der Waals surface area contributed by atoms with Gasteiger partial charge in [0.15, 0.2) is 6.10 Å². The van der Waals surface area contributed by atoms with Gasteiger partial charge in [-0.1, -0.05) is 13.8 Å². The van der Waals surface area contributed by atoms with E-state index in [0.717, 1.165) is 12.2 Å². The Morgan fingerprint density at radius 1 is 1.45 bits per heavy atom. The Balaban J connectivity index is 2.17. The highest BCUT2D eigenvalue weighted by atomic mass is 16.5. The highest BCUT2D eigenvalue weighted by Crippen LogP contribution is 2.17. The van der Waals surface area contributed by atoms with Gasteiger partial charge < -0.3 is 14.7 Å². The molecule has 2 atom stereocenters. The van der Waals surface area contributed by atoms with Crippen LogP contribution in [0.1, 0.15) is 36.8 Å². The number of amides is 1. The van der Waals surface area contributed by atoms with Gasteiger partial charge in [0.2, 0.25) is 0 Å². The molecule has 1 aromatic rings. The summed E-state index contributed by atoms with van der Waals surface area (Å²) < 4.78 is 7.15. The lowest BCUT2D eigenvalue weighted by Crippen LogP contribution is -2.51. The van der Waals surface area contributed by atoms with Gasteiger partial charge in [0.1, 0.15) is 0 Å². The van der Waals surface area contributed by atoms with Crippen LogP contribution in [-0.2, 0) is 16.1 Å². The highest BCUT2D eigenvalue weighted by molar-refractivity contribution is 5.95. The van der Waals surface area contributed by atoms with Gasteiger partial charge in [-0.25, -0.2) is 4.79 Å². The van der Waals surface area contributed by atoms with Gasteiger partial charge in [-0.15, -0.1) is 0 Å². The average molecular weight is 309 g/mol. The minimum Gasteiger partial charge on any atom is -0.479 e. The van der Waals surface area contributed by atoms with E-state index in [1.807, 2.05) is 11.6 Å². The second-order valence-electron chi connectivity index (χ2n) is 6.20.